The van der Waals surface area contributed by atoms with Crippen molar-refractivity contribution in [3.63, 3.8) is 0 Å². The monoisotopic (exact) mass is 394 g/mol. The van der Waals surface area contributed by atoms with Gasteiger partial charge in [0.15, 0.2) is 11.2 Å². The first kappa shape index (κ1) is 20.5. The summed E-state index contributed by atoms with van der Waals surface area (Å²) in [6, 6.07) is 5.32. The van der Waals surface area contributed by atoms with E-state index in [2.05, 4.69) is 25.8 Å². The lowest BCUT2D eigenvalue weighted by molar-refractivity contribution is 0.101. The first-order valence-corrected chi connectivity index (χ1v) is 9.39. The summed E-state index contributed by atoms with van der Waals surface area (Å²) in [6.07, 6.45) is 3.27. The number of benzene rings is 1. The largest absolute Gasteiger partial charge is 0.496 e. The highest BCUT2D eigenvalue weighted by molar-refractivity contribution is 6.04. The number of aromatic nitrogens is 1. The molecule has 1 unspecified atom stereocenters. The van der Waals surface area contributed by atoms with Gasteiger partial charge < -0.3 is 15.0 Å². The lowest BCUT2D eigenvalue weighted by atomic mass is 9.78. The van der Waals surface area contributed by atoms with Gasteiger partial charge in [0, 0.05) is 23.9 Å². The van der Waals surface area contributed by atoms with Crippen molar-refractivity contribution >= 4 is 18.0 Å². The van der Waals surface area contributed by atoms with Crippen molar-refractivity contribution < 1.29 is 9.53 Å². The number of carbonyl (C=O) groups is 1. The van der Waals surface area contributed by atoms with E-state index in [4.69, 9.17) is 15.9 Å². The van der Waals surface area contributed by atoms with Crippen molar-refractivity contribution in [2.75, 3.05) is 7.11 Å². The first-order chi connectivity index (χ1) is 13.6. The van der Waals surface area contributed by atoms with Crippen LogP contribution in [0.2, 0.25) is 0 Å². The molecule has 3 N–H and O–H groups in total. The molecule has 1 aromatic heterocycles. The van der Waals surface area contributed by atoms with E-state index in [0.29, 0.717) is 17.7 Å². The Morgan fingerprint density at radius 3 is 2.55 bits per heavy atom. The molecule has 0 spiro atoms. The van der Waals surface area contributed by atoms with E-state index >= 15 is 0 Å². The molecule has 0 saturated heterocycles. The Morgan fingerprint density at radius 1 is 1.31 bits per heavy atom. The number of hydrogen-bond acceptors (Lipinski definition) is 4. The van der Waals surface area contributed by atoms with Crippen LogP contribution in [0.15, 0.2) is 34.2 Å². The molecule has 152 valence electrons. The van der Waals surface area contributed by atoms with E-state index in [1.54, 1.807) is 6.20 Å². The van der Waals surface area contributed by atoms with Crippen molar-refractivity contribution in [1.82, 2.24) is 4.57 Å². The maximum Gasteiger partial charge on any atom is 0.192 e. The highest BCUT2D eigenvalue weighted by atomic mass is 16.5. The average molecular weight is 394 g/mol. The number of hydrogen-bond donors (Lipinski definition) is 2. The normalized spacial score (nSPS) is 16.0. The van der Waals surface area contributed by atoms with E-state index in [0.717, 1.165) is 23.2 Å². The van der Waals surface area contributed by atoms with Crippen LogP contribution in [0.1, 0.15) is 55.2 Å². The number of nitrogens with two attached hydrogens (primary N) is 1. The van der Waals surface area contributed by atoms with Crippen molar-refractivity contribution in [1.29, 1.82) is 5.41 Å². The number of fused-ring (bicyclic) bond motifs is 3. The smallest absolute Gasteiger partial charge is 0.192 e. The topological polar surface area (TPSA) is 111 Å². The number of aliphatic imine (C=N–C) groups is 1. The number of nitrogens with one attached hydrogen (secondary N) is 1. The molecule has 1 aliphatic heterocycles. The number of carbonyl (C=O) groups excluding carboxylic acids is 1. The number of pyridine rings is 1. The molecule has 2 aromatic rings. The second kappa shape index (κ2) is 7.31. The van der Waals surface area contributed by atoms with E-state index in [-0.39, 0.29) is 34.1 Å². The predicted molar refractivity (Wildman–Crippen MR) is 114 cm³/mol. The zero-order valence-corrected chi connectivity index (χ0v) is 17.4. The van der Waals surface area contributed by atoms with Crippen LogP contribution in [0.25, 0.3) is 11.3 Å². The molecule has 7 nitrogen and oxygen atoms in total. The van der Waals surface area contributed by atoms with E-state index in [9.17, 15) is 9.59 Å². The van der Waals surface area contributed by atoms with Gasteiger partial charge in [0.1, 0.15) is 17.9 Å². The van der Waals surface area contributed by atoms with Gasteiger partial charge in [-0.25, -0.2) is 4.99 Å². The summed E-state index contributed by atoms with van der Waals surface area (Å²) in [6.45, 7) is 7.81. The number of nitrogens with zero attached hydrogens (tertiary/aromatic N) is 2. The number of ketones is 1. The van der Waals surface area contributed by atoms with Crippen molar-refractivity contribution in [2.24, 2.45) is 16.1 Å². The summed E-state index contributed by atoms with van der Waals surface area (Å²) in [7, 11) is 1.54. The average Bonchev–Trinajstić information content (AvgIpc) is 2.65. The lowest BCUT2D eigenvalue weighted by Crippen LogP contribution is -2.33. The number of Topliss-reactive ketones (excluding diaryl/α,β-unsaturated/α-hetero) is 1. The molecule has 29 heavy (non-hydrogen) atoms. The second-order valence-corrected chi connectivity index (χ2v) is 8.34. The van der Waals surface area contributed by atoms with Crippen molar-refractivity contribution in [3.05, 3.63) is 51.3 Å². The van der Waals surface area contributed by atoms with E-state index < -0.39 is 0 Å². The molecule has 1 aromatic carbocycles. The van der Waals surface area contributed by atoms with Gasteiger partial charge in [-0.2, -0.15) is 0 Å². The Balaban J connectivity index is 2.35. The molecule has 0 amide bonds. The van der Waals surface area contributed by atoms with Crippen LogP contribution in [0.3, 0.4) is 0 Å². The maximum absolute atomic E-state index is 12.6. The highest BCUT2D eigenvalue weighted by Gasteiger charge is 2.34. The quantitative estimate of drug-likeness (QED) is 0.471. The zero-order chi connectivity index (χ0) is 21.5. The molecule has 0 radical (unpaired) electrons. The number of ether oxygens (including phenoxy) is 1. The van der Waals surface area contributed by atoms with Crippen molar-refractivity contribution in [3.8, 4) is 17.0 Å². The fourth-order valence-electron chi connectivity index (χ4n) is 3.86. The number of amidine groups is 1. The third kappa shape index (κ3) is 3.60. The van der Waals surface area contributed by atoms with Gasteiger partial charge in [0.05, 0.1) is 23.9 Å². The van der Waals surface area contributed by atoms with Crippen LogP contribution >= 0.6 is 0 Å². The van der Waals surface area contributed by atoms with E-state index in [1.807, 2.05) is 16.7 Å². The van der Waals surface area contributed by atoms with Gasteiger partial charge in [-0.15, -0.1) is 0 Å². The number of methoxy groups -OCH3 is 1. The molecule has 0 bridgehead atoms. The minimum Gasteiger partial charge on any atom is -0.496 e. The standard InChI is InChI=1S/C22H26N4O3/c1-12(27)16-10-26-17(9-18(16)28)14-8-19(29-5)15(21(24)25-11-23)6-13(14)7-20(26)22(2,3)4/h6,8-11,20H,7H2,1-5H3,(H3,23,24,25). The fourth-order valence-corrected chi connectivity index (χ4v) is 3.86. The van der Waals surface area contributed by atoms with Crippen LogP contribution in [0.4, 0.5) is 0 Å². The third-order valence-corrected chi connectivity index (χ3v) is 5.39. The Labute approximate surface area is 169 Å². The second-order valence-electron chi connectivity index (χ2n) is 8.34. The molecule has 0 fully saturated rings. The minimum absolute atomic E-state index is 0.0332. The Kier molecular flexibility index (Phi) is 5.17. The first-order valence-electron chi connectivity index (χ1n) is 9.39. The maximum atomic E-state index is 12.6. The van der Waals surface area contributed by atoms with Crippen LogP contribution in [0, 0.1) is 10.8 Å². The summed E-state index contributed by atoms with van der Waals surface area (Å²) in [5.41, 5.74) is 9.04. The summed E-state index contributed by atoms with van der Waals surface area (Å²) < 4.78 is 7.54. The lowest BCUT2D eigenvalue weighted by Gasteiger charge is -2.39. The van der Waals surface area contributed by atoms with Crippen LogP contribution < -0.4 is 15.9 Å². The third-order valence-electron chi connectivity index (χ3n) is 5.39. The summed E-state index contributed by atoms with van der Waals surface area (Å²) in [5.74, 6) is 0.463. The zero-order valence-electron chi connectivity index (χ0n) is 17.4. The van der Waals surface area contributed by atoms with Crippen LogP contribution in [-0.4, -0.2) is 29.6 Å². The Morgan fingerprint density at radius 2 is 2.00 bits per heavy atom. The molecule has 1 aliphatic rings. The Bertz CT molecular complexity index is 1090. The van der Waals surface area contributed by atoms with Gasteiger partial charge in [0.2, 0.25) is 0 Å². The minimum atomic E-state index is -0.294. The molecule has 2 heterocycles. The SMILES string of the molecule is COc1cc2c(cc1C(N)=NC=N)CC(C(C)(C)C)n1cc(C(C)=O)c(=O)cc1-2. The number of rotatable bonds is 4. The van der Waals surface area contributed by atoms with Crippen LogP contribution in [0.5, 0.6) is 5.75 Å². The molecule has 0 saturated carbocycles. The van der Waals surface area contributed by atoms with Gasteiger partial charge in [-0.1, -0.05) is 20.8 Å². The molecule has 1 atom stereocenters. The van der Waals surface area contributed by atoms with Gasteiger partial charge in [0.25, 0.3) is 0 Å². The van der Waals surface area contributed by atoms with E-state index in [1.165, 1.54) is 20.1 Å². The van der Waals surface area contributed by atoms with Gasteiger partial charge in [-0.3, -0.25) is 15.0 Å². The molecule has 3 rings (SSSR count). The molecular formula is C22H26N4O3. The highest BCUT2D eigenvalue weighted by Crippen LogP contribution is 2.44. The molecule has 7 heteroatoms. The molecular weight excluding hydrogens is 368 g/mol. The summed E-state index contributed by atoms with van der Waals surface area (Å²) in [5, 5.41) is 7.19. The molecule has 0 aliphatic carbocycles. The summed E-state index contributed by atoms with van der Waals surface area (Å²) in [4.78, 5) is 28.4. The van der Waals surface area contributed by atoms with Crippen molar-refractivity contribution in [2.45, 2.75) is 40.2 Å². The predicted octanol–water partition coefficient (Wildman–Crippen LogP) is 3.18. The van der Waals surface area contributed by atoms with Crippen LogP contribution in [-0.2, 0) is 6.42 Å². The van der Waals surface area contributed by atoms with Gasteiger partial charge in [-0.05, 0) is 36.5 Å². The Hall–Kier alpha value is -3.22. The van der Waals surface area contributed by atoms with Gasteiger partial charge >= 0.3 is 0 Å². The summed E-state index contributed by atoms with van der Waals surface area (Å²) >= 11 is 0. The fraction of sp³-hybridized carbons (Fsp3) is 0.364.